The molecule has 0 spiro atoms. The van der Waals surface area contributed by atoms with Crippen molar-refractivity contribution in [3.63, 3.8) is 0 Å². The van der Waals surface area contributed by atoms with Gasteiger partial charge in [-0.15, -0.1) is 0 Å². The molecule has 154 valence electrons. The predicted octanol–water partition coefficient (Wildman–Crippen LogP) is 3.81. The van der Waals surface area contributed by atoms with Crippen LogP contribution in [0.3, 0.4) is 0 Å². The van der Waals surface area contributed by atoms with Crippen molar-refractivity contribution in [3.8, 4) is 5.75 Å². The van der Waals surface area contributed by atoms with E-state index in [1.807, 2.05) is 0 Å². The first-order valence-corrected chi connectivity index (χ1v) is 11.9. The van der Waals surface area contributed by atoms with Gasteiger partial charge < -0.3 is 9.72 Å². The van der Waals surface area contributed by atoms with Gasteiger partial charge in [0.25, 0.3) is 10.0 Å². The Morgan fingerprint density at radius 2 is 1.37 bits per heavy atom. The van der Waals surface area contributed by atoms with Crippen LogP contribution >= 0.6 is 0 Å². The van der Waals surface area contributed by atoms with E-state index in [4.69, 9.17) is 4.74 Å². The third-order valence-electron chi connectivity index (χ3n) is 4.58. The highest BCUT2D eigenvalue weighted by atomic mass is 32.2. The number of nitrogens with one attached hydrogen (secondary N) is 2. The first kappa shape index (κ1) is 20.0. The molecule has 4 aromatic rings. The minimum absolute atomic E-state index is 0.0127. The standard InChI is InChI=1S/C21H18N2O5S2/c1-28-18-14-8-13-17-19(18)22-21(23-30(26,27)16-11-6-3-7-12-16)20(17)29(24,25)15-9-4-2-5-10-15/h2-14,22-23H,1H3. The van der Waals surface area contributed by atoms with Crippen molar-refractivity contribution in [3.05, 3.63) is 78.9 Å². The van der Waals surface area contributed by atoms with E-state index in [9.17, 15) is 16.8 Å². The Morgan fingerprint density at radius 3 is 1.97 bits per heavy atom. The molecule has 30 heavy (non-hydrogen) atoms. The molecule has 3 aromatic carbocycles. The third-order valence-corrected chi connectivity index (χ3v) is 7.80. The summed E-state index contributed by atoms with van der Waals surface area (Å²) < 4.78 is 60.4. The lowest BCUT2D eigenvalue weighted by molar-refractivity contribution is 0.419. The van der Waals surface area contributed by atoms with Crippen molar-refractivity contribution in [1.29, 1.82) is 0 Å². The average Bonchev–Trinajstić information content (AvgIpc) is 3.13. The fourth-order valence-electron chi connectivity index (χ4n) is 3.20. The summed E-state index contributed by atoms with van der Waals surface area (Å²) in [5.41, 5.74) is 0.375. The first-order chi connectivity index (χ1) is 14.3. The zero-order valence-corrected chi connectivity index (χ0v) is 17.5. The van der Waals surface area contributed by atoms with E-state index in [0.717, 1.165) is 0 Å². The van der Waals surface area contributed by atoms with Gasteiger partial charge in [-0.1, -0.05) is 48.5 Å². The number of aromatic nitrogens is 1. The summed E-state index contributed by atoms with van der Waals surface area (Å²) in [7, 11) is -6.63. The van der Waals surface area contributed by atoms with Gasteiger partial charge in [-0.3, -0.25) is 4.72 Å². The van der Waals surface area contributed by atoms with Crippen molar-refractivity contribution < 1.29 is 21.6 Å². The van der Waals surface area contributed by atoms with Crippen LogP contribution < -0.4 is 9.46 Å². The largest absolute Gasteiger partial charge is 0.495 e. The zero-order valence-electron chi connectivity index (χ0n) is 15.9. The van der Waals surface area contributed by atoms with Gasteiger partial charge in [0.05, 0.1) is 22.4 Å². The van der Waals surface area contributed by atoms with Gasteiger partial charge in [0.15, 0.2) is 0 Å². The number of H-pyrrole nitrogens is 1. The fraction of sp³-hybridized carbons (Fsp3) is 0.0476. The lowest BCUT2D eigenvalue weighted by Crippen LogP contribution is -2.15. The van der Waals surface area contributed by atoms with Gasteiger partial charge in [-0.2, -0.15) is 0 Å². The van der Waals surface area contributed by atoms with Crippen molar-refractivity contribution >= 4 is 36.6 Å². The summed E-state index contributed by atoms with van der Waals surface area (Å²) in [6.45, 7) is 0. The van der Waals surface area contributed by atoms with Gasteiger partial charge in [-0.25, -0.2) is 16.8 Å². The second-order valence-corrected chi connectivity index (χ2v) is 10.0. The number of methoxy groups -OCH3 is 1. The minimum Gasteiger partial charge on any atom is -0.495 e. The SMILES string of the molecule is COc1cccc2c(S(=O)(=O)c3ccccc3)c(NS(=O)(=O)c3ccccc3)[nH]c12. The van der Waals surface area contributed by atoms with E-state index in [2.05, 4.69) is 9.71 Å². The van der Waals surface area contributed by atoms with Gasteiger partial charge in [0.2, 0.25) is 9.84 Å². The number of benzene rings is 3. The van der Waals surface area contributed by atoms with Crippen molar-refractivity contribution in [2.24, 2.45) is 0 Å². The molecule has 1 aromatic heterocycles. The second-order valence-electron chi connectivity index (χ2n) is 6.45. The first-order valence-electron chi connectivity index (χ1n) is 8.91. The van der Waals surface area contributed by atoms with E-state index < -0.39 is 19.9 Å². The summed E-state index contributed by atoms with van der Waals surface area (Å²) in [6, 6.07) is 20.5. The molecule has 0 saturated carbocycles. The number of aromatic amines is 1. The number of fused-ring (bicyclic) bond motifs is 1. The molecule has 0 amide bonds. The molecule has 0 saturated heterocycles. The highest BCUT2D eigenvalue weighted by molar-refractivity contribution is 7.93. The lowest BCUT2D eigenvalue weighted by atomic mass is 10.2. The van der Waals surface area contributed by atoms with Crippen LogP contribution in [0.2, 0.25) is 0 Å². The third kappa shape index (κ3) is 3.42. The maximum Gasteiger partial charge on any atom is 0.263 e. The molecule has 0 aliphatic carbocycles. The summed E-state index contributed by atoms with van der Waals surface area (Å²) in [6.07, 6.45) is 0. The van der Waals surface area contributed by atoms with Crippen molar-refractivity contribution in [2.75, 3.05) is 11.8 Å². The Labute approximate surface area is 174 Å². The Hall–Kier alpha value is -3.30. The van der Waals surface area contributed by atoms with Crippen molar-refractivity contribution in [1.82, 2.24) is 4.98 Å². The molecule has 0 bridgehead atoms. The van der Waals surface area contributed by atoms with Crippen LogP contribution in [0, 0.1) is 0 Å². The maximum absolute atomic E-state index is 13.5. The van der Waals surface area contributed by atoms with E-state index in [-0.39, 0.29) is 20.5 Å². The predicted molar refractivity (Wildman–Crippen MR) is 114 cm³/mol. The van der Waals surface area contributed by atoms with Crippen LogP contribution in [-0.2, 0) is 19.9 Å². The zero-order chi connectivity index (χ0) is 21.4. The van der Waals surface area contributed by atoms with Crippen LogP contribution in [0.4, 0.5) is 5.82 Å². The average molecular weight is 443 g/mol. The molecule has 0 aliphatic heterocycles. The Bertz CT molecular complexity index is 1410. The molecule has 4 rings (SSSR count). The number of sulfonamides is 1. The normalized spacial score (nSPS) is 12.0. The number of hydrogen-bond donors (Lipinski definition) is 2. The number of rotatable bonds is 6. The lowest BCUT2D eigenvalue weighted by Gasteiger charge is -2.10. The molecular weight excluding hydrogens is 424 g/mol. The highest BCUT2D eigenvalue weighted by Crippen LogP contribution is 2.39. The smallest absolute Gasteiger partial charge is 0.263 e. The quantitative estimate of drug-likeness (QED) is 0.472. The topological polar surface area (TPSA) is 105 Å². The Balaban J connectivity index is 1.97. The molecule has 0 unspecified atom stereocenters. The Morgan fingerprint density at radius 1 is 0.767 bits per heavy atom. The molecule has 7 nitrogen and oxygen atoms in total. The molecule has 0 fully saturated rings. The van der Waals surface area contributed by atoms with Gasteiger partial charge >= 0.3 is 0 Å². The number of hydrogen-bond acceptors (Lipinski definition) is 5. The number of para-hydroxylation sites is 1. The summed E-state index contributed by atoms with van der Waals surface area (Å²) in [5, 5.41) is 0.323. The summed E-state index contributed by atoms with van der Waals surface area (Å²) >= 11 is 0. The van der Waals surface area contributed by atoms with E-state index >= 15 is 0 Å². The van der Waals surface area contributed by atoms with Gasteiger partial charge in [0, 0.05) is 5.39 Å². The number of ether oxygens (including phenoxy) is 1. The van der Waals surface area contributed by atoms with E-state index in [0.29, 0.717) is 16.7 Å². The van der Waals surface area contributed by atoms with E-state index in [1.54, 1.807) is 54.6 Å². The molecule has 2 N–H and O–H groups in total. The number of sulfone groups is 1. The van der Waals surface area contributed by atoms with Crippen LogP contribution in [0.25, 0.3) is 10.9 Å². The monoisotopic (exact) mass is 442 g/mol. The van der Waals surface area contributed by atoms with E-state index in [1.165, 1.54) is 31.4 Å². The van der Waals surface area contributed by atoms with Gasteiger partial charge in [0.1, 0.15) is 16.5 Å². The minimum atomic E-state index is -4.05. The molecular formula is C21H18N2O5S2. The summed E-state index contributed by atoms with van der Waals surface area (Å²) in [5.74, 6) is 0.240. The van der Waals surface area contributed by atoms with Crippen LogP contribution in [0.15, 0.2) is 93.5 Å². The molecule has 9 heteroatoms. The molecule has 0 atom stereocenters. The van der Waals surface area contributed by atoms with Crippen LogP contribution in [0.1, 0.15) is 0 Å². The maximum atomic E-state index is 13.5. The second kappa shape index (κ2) is 7.51. The molecule has 0 aliphatic rings. The highest BCUT2D eigenvalue weighted by Gasteiger charge is 2.29. The van der Waals surface area contributed by atoms with Crippen molar-refractivity contribution in [2.45, 2.75) is 14.7 Å². The Kier molecular flexibility index (Phi) is 5.00. The fourth-order valence-corrected chi connectivity index (χ4v) is 5.90. The van der Waals surface area contributed by atoms with Crippen LogP contribution in [-0.4, -0.2) is 28.9 Å². The molecule has 1 heterocycles. The number of anilines is 1. The van der Waals surface area contributed by atoms with Gasteiger partial charge in [-0.05, 0) is 30.3 Å². The van der Waals surface area contributed by atoms with Crippen LogP contribution in [0.5, 0.6) is 5.75 Å². The molecule has 0 radical (unpaired) electrons. The summed E-state index contributed by atoms with van der Waals surface area (Å²) in [4.78, 5) is 2.79.